The van der Waals surface area contributed by atoms with Gasteiger partial charge in [-0.3, -0.25) is 4.72 Å². The average Bonchev–Trinajstić information content (AvgIpc) is 3.02. The summed E-state index contributed by atoms with van der Waals surface area (Å²) in [5.74, 6) is -3.17. The first kappa shape index (κ1) is 21.5. The summed E-state index contributed by atoms with van der Waals surface area (Å²) >= 11 is 0. The lowest BCUT2D eigenvalue weighted by Gasteiger charge is -2.34. The van der Waals surface area contributed by atoms with Gasteiger partial charge in [0, 0.05) is 24.0 Å². The predicted molar refractivity (Wildman–Crippen MR) is 99.6 cm³/mol. The normalized spacial score (nSPS) is 17.3. The van der Waals surface area contributed by atoms with Crippen molar-refractivity contribution in [1.82, 2.24) is 4.98 Å². The zero-order valence-corrected chi connectivity index (χ0v) is 17.0. The lowest BCUT2D eigenvalue weighted by atomic mass is 9.72. The highest BCUT2D eigenvalue weighted by Crippen LogP contribution is 2.39. The lowest BCUT2D eigenvalue weighted by Crippen LogP contribution is -2.27. The first-order valence-electron chi connectivity index (χ1n) is 9.04. The molecule has 1 unspecified atom stereocenters. The molecule has 10 heteroatoms. The molecule has 0 radical (unpaired) electrons. The standard InChI is InChI=1S/C19H22F4N2O3S/c1-19(2,3)10-4-5-11-14(6-10)24-9-17(11)29(26,27)25-15-7-13(21)16(8-12(15)20)28-18(22)23/h7-10,18,24-25H,4-6H2,1-3H3. The molecule has 3 rings (SSSR count). The quantitative estimate of drug-likeness (QED) is 0.661. The van der Waals surface area contributed by atoms with Crippen molar-refractivity contribution in [3.63, 3.8) is 0 Å². The Morgan fingerprint density at radius 1 is 1.21 bits per heavy atom. The monoisotopic (exact) mass is 434 g/mol. The van der Waals surface area contributed by atoms with Crippen LogP contribution in [0.2, 0.25) is 0 Å². The molecule has 0 saturated carbocycles. The zero-order chi connectivity index (χ0) is 21.6. The fraction of sp³-hybridized carbons (Fsp3) is 0.474. The molecule has 1 aromatic carbocycles. The molecule has 0 bridgehead atoms. The lowest BCUT2D eigenvalue weighted by molar-refractivity contribution is -0.0523. The van der Waals surface area contributed by atoms with Gasteiger partial charge in [0.05, 0.1) is 5.69 Å². The van der Waals surface area contributed by atoms with Gasteiger partial charge in [-0.25, -0.2) is 17.2 Å². The molecule has 5 nitrogen and oxygen atoms in total. The molecular weight excluding hydrogens is 412 g/mol. The predicted octanol–water partition coefficient (Wildman–Crippen LogP) is 4.85. The number of ether oxygens (including phenoxy) is 1. The van der Waals surface area contributed by atoms with Crippen molar-refractivity contribution in [2.75, 3.05) is 4.72 Å². The Hall–Kier alpha value is -2.23. The third-order valence-electron chi connectivity index (χ3n) is 5.23. The van der Waals surface area contributed by atoms with Crippen LogP contribution < -0.4 is 9.46 Å². The highest BCUT2D eigenvalue weighted by atomic mass is 32.2. The Morgan fingerprint density at radius 2 is 1.90 bits per heavy atom. The number of rotatable bonds is 5. The summed E-state index contributed by atoms with van der Waals surface area (Å²) in [7, 11) is -4.22. The Morgan fingerprint density at radius 3 is 2.52 bits per heavy atom. The number of anilines is 1. The third-order valence-corrected chi connectivity index (χ3v) is 6.66. The van der Waals surface area contributed by atoms with Crippen molar-refractivity contribution >= 4 is 15.7 Å². The van der Waals surface area contributed by atoms with E-state index in [0.717, 1.165) is 12.1 Å². The number of halogens is 4. The van der Waals surface area contributed by atoms with Crippen molar-refractivity contribution in [2.24, 2.45) is 11.3 Å². The van der Waals surface area contributed by atoms with E-state index in [2.05, 4.69) is 30.5 Å². The average molecular weight is 434 g/mol. The van der Waals surface area contributed by atoms with Gasteiger partial charge in [-0.2, -0.15) is 8.78 Å². The third kappa shape index (κ3) is 4.52. The number of nitrogens with one attached hydrogen (secondary N) is 2. The van der Waals surface area contributed by atoms with Crippen LogP contribution in [0.25, 0.3) is 0 Å². The molecular formula is C19H22F4N2O3S. The molecule has 160 valence electrons. The van der Waals surface area contributed by atoms with E-state index in [1.807, 2.05) is 4.72 Å². The van der Waals surface area contributed by atoms with Gasteiger partial charge < -0.3 is 9.72 Å². The molecule has 1 aliphatic carbocycles. The number of alkyl halides is 2. The van der Waals surface area contributed by atoms with Gasteiger partial charge >= 0.3 is 6.61 Å². The van der Waals surface area contributed by atoms with E-state index in [4.69, 9.17) is 0 Å². The first-order valence-corrected chi connectivity index (χ1v) is 10.5. The van der Waals surface area contributed by atoms with Crippen LogP contribution >= 0.6 is 0 Å². The number of H-pyrrole nitrogens is 1. The van der Waals surface area contributed by atoms with Gasteiger partial charge in [0.25, 0.3) is 10.0 Å². The second kappa shape index (κ2) is 7.55. The highest BCUT2D eigenvalue weighted by molar-refractivity contribution is 7.92. The number of hydrogen-bond donors (Lipinski definition) is 2. The summed E-state index contributed by atoms with van der Waals surface area (Å²) in [6, 6.07) is 0.846. The number of fused-ring (bicyclic) bond motifs is 1. The molecule has 0 aliphatic heterocycles. The smallest absolute Gasteiger partial charge is 0.387 e. The van der Waals surface area contributed by atoms with Gasteiger partial charge in [0.15, 0.2) is 17.4 Å². The zero-order valence-electron chi connectivity index (χ0n) is 16.2. The second-order valence-corrected chi connectivity index (χ2v) is 9.81. The molecule has 0 saturated heterocycles. The van der Waals surface area contributed by atoms with Gasteiger partial charge in [-0.05, 0) is 36.2 Å². The van der Waals surface area contributed by atoms with Gasteiger partial charge in [0.1, 0.15) is 4.90 Å². The van der Waals surface area contributed by atoms with Gasteiger partial charge in [-0.1, -0.05) is 20.8 Å². The van der Waals surface area contributed by atoms with E-state index >= 15 is 0 Å². The summed E-state index contributed by atoms with van der Waals surface area (Å²) in [5.41, 5.74) is 0.811. The molecule has 2 aromatic rings. The van der Waals surface area contributed by atoms with Crippen LogP contribution in [0.5, 0.6) is 5.75 Å². The fourth-order valence-corrected chi connectivity index (χ4v) is 4.89. The molecule has 1 aromatic heterocycles. The SMILES string of the molecule is CC(C)(C)C1CCc2c(S(=O)(=O)Nc3cc(F)c(OC(F)F)cc3F)c[nH]c2C1. The van der Waals surface area contributed by atoms with Crippen LogP contribution in [-0.4, -0.2) is 20.0 Å². The minimum absolute atomic E-state index is 0.0347. The summed E-state index contributed by atoms with van der Waals surface area (Å²) in [5, 5.41) is 0. The van der Waals surface area contributed by atoms with E-state index < -0.39 is 39.7 Å². The molecule has 2 N–H and O–H groups in total. The topological polar surface area (TPSA) is 71.2 Å². The Balaban J connectivity index is 1.87. The van der Waals surface area contributed by atoms with E-state index in [0.29, 0.717) is 36.5 Å². The van der Waals surface area contributed by atoms with E-state index in [-0.39, 0.29) is 10.3 Å². The number of aromatic amines is 1. The van der Waals surface area contributed by atoms with Gasteiger partial charge in [0.2, 0.25) is 0 Å². The van der Waals surface area contributed by atoms with E-state index in [9.17, 15) is 26.0 Å². The minimum atomic E-state index is -4.22. The van der Waals surface area contributed by atoms with Crippen LogP contribution in [0.4, 0.5) is 23.2 Å². The Labute approximate surface area is 166 Å². The van der Waals surface area contributed by atoms with Crippen molar-refractivity contribution in [1.29, 1.82) is 0 Å². The maximum Gasteiger partial charge on any atom is 0.387 e. The summed E-state index contributed by atoms with van der Waals surface area (Å²) in [6.07, 6.45) is 3.37. The number of sulfonamides is 1. The molecule has 0 fully saturated rings. The van der Waals surface area contributed by atoms with E-state index in [1.54, 1.807) is 0 Å². The Bertz CT molecular complexity index is 1010. The largest absolute Gasteiger partial charge is 0.432 e. The molecule has 1 atom stereocenters. The molecule has 29 heavy (non-hydrogen) atoms. The fourth-order valence-electron chi connectivity index (χ4n) is 3.57. The maximum atomic E-state index is 14.1. The highest BCUT2D eigenvalue weighted by Gasteiger charge is 2.33. The summed E-state index contributed by atoms with van der Waals surface area (Å²) in [6.45, 7) is 3.05. The number of benzene rings is 1. The van der Waals surface area contributed by atoms with Gasteiger partial charge in [-0.15, -0.1) is 0 Å². The van der Waals surface area contributed by atoms with Crippen LogP contribution in [0.15, 0.2) is 23.2 Å². The minimum Gasteiger partial charge on any atom is -0.432 e. The maximum absolute atomic E-state index is 14.1. The van der Waals surface area contributed by atoms with Crippen molar-refractivity contribution in [2.45, 2.75) is 51.5 Å². The van der Waals surface area contributed by atoms with Crippen molar-refractivity contribution in [3.05, 3.63) is 41.2 Å². The molecule has 1 heterocycles. The molecule has 0 amide bonds. The molecule has 1 aliphatic rings. The van der Waals surface area contributed by atoms with Crippen molar-refractivity contribution in [3.8, 4) is 5.75 Å². The first-order chi connectivity index (χ1) is 13.4. The van der Waals surface area contributed by atoms with Crippen molar-refractivity contribution < 1.29 is 30.7 Å². The van der Waals surface area contributed by atoms with Crippen LogP contribution in [0.3, 0.4) is 0 Å². The number of aromatic nitrogens is 1. The van der Waals surface area contributed by atoms with E-state index in [1.165, 1.54) is 6.20 Å². The van der Waals surface area contributed by atoms with Crippen LogP contribution in [-0.2, 0) is 22.9 Å². The Kier molecular flexibility index (Phi) is 5.59. The second-order valence-electron chi connectivity index (χ2n) is 8.16. The van der Waals surface area contributed by atoms with Crippen LogP contribution in [0, 0.1) is 23.0 Å². The summed E-state index contributed by atoms with van der Waals surface area (Å²) < 4.78 is 83.9. The summed E-state index contributed by atoms with van der Waals surface area (Å²) in [4.78, 5) is 2.95. The number of hydrogen-bond acceptors (Lipinski definition) is 3. The van der Waals surface area contributed by atoms with Crippen LogP contribution in [0.1, 0.15) is 38.4 Å². The molecule has 0 spiro atoms.